The second-order valence-corrected chi connectivity index (χ2v) is 4.83. The lowest BCUT2D eigenvalue weighted by Crippen LogP contribution is -2.47. The number of amides is 1. The number of nitrogens with zero attached hydrogens (tertiary/aromatic N) is 2. The van der Waals surface area contributed by atoms with Gasteiger partial charge in [0.05, 0.1) is 12.8 Å². The van der Waals surface area contributed by atoms with Gasteiger partial charge in [0, 0.05) is 25.9 Å². The number of rotatable bonds is 2. The Balaban J connectivity index is 2.62. The smallest absolute Gasteiger partial charge is 0.421 e. The number of hydrogen-bond donors (Lipinski definition) is 2. The number of carbonyl (C=O) groups is 1. The van der Waals surface area contributed by atoms with Gasteiger partial charge in [0.1, 0.15) is 0 Å². The van der Waals surface area contributed by atoms with E-state index >= 15 is 0 Å². The molecule has 92 valence electrons. The molecule has 1 aliphatic rings. The molecule has 0 aromatic heterocycles. The fourth-order valence-corrected chi connectivity index (χ4v) is 2.38. The predicted molar refractivity (Wildman–Crippen MR) is 54.5 cm³/mol. The summed E-state index contributed by atoms with van der Waals surface area (Å²) in [5.41, 5.74) is 0.546. The molecule has 9 heteroatoms. The van der Waals surface area contributed by atoms with Gasteiger partial charge in [-0.15, -0.1) is 0 Å². The SMILES string of the molecule is COC(=O)NS(=O)(=O)N1CCC(=NO)CC1. The lowest BCUT2D eigenvalue weighted by Gasteiger charge is -2.25. The number of ether oxygens (including phenoxy) is 1. The van der Waals surface area contributed by atoms with E-state index in [9.17, 15) is 13.2 Å². The van der Waals surface area contributed by atoms with Crippen LogP contribution >= 0.6 is 0 Å². The molecule has 0 unspecified atom stereocenters. The van der Waals surface area contributed by atoms with E-state index in [-0.39, 0.29) is 13.1 Å². The van der Waals surface area contributed by atoms with Crippen LogP contribution in [0.5, 0.6) is 0 Å². The van der Waals surface area contributed by atoms with Crippen molar-refractivity contribution < 1.29 is 23.2 Å². The van der Waals surface area contributed by atoms with E-state index in [4.69, 9.17) is 5.21 Å². The average Bonchev–Trinajstić information content (AvgIpc) is 2.28. The maximum atomic E-state index is 11.6. The van der Waals surface area contributed by atoms with Crippen LogP contribution in [0, 0.1) is 0 Å². The molecule has 16 heavy (non-hydrogen) atoms. The van der Waals surface area contributed by atoms with Crippen LogP contribution in [0.15, 0.2) is 5.16 Å². The van der Waals surface area contributed by atoms with Crippen molar-refractivity contribution in [2.45, 2.75) is 12.8 Å². The summed E-state index contributed by atoms with van der Waals surface area (Å²) in [5, 5.41) is 11.5. The summed E-state index contributed by atoms with van der Waals surface area (Å²) in [6, 6.07) is 0. The fourth-order valence-electron chi connectivity index (χ4n) is 1.30. The zero-order chi connectivity index (χ0) is 12.2. The van der Waals surface area contributed by atoms with Crippen LogP contribution in [0.1, 0.15) is 12.8 Å². The molecular weight excluding hydrogens is 238 g/mol. The molecule has 1 saturated heterocycles. The first-order chi connectivity index (χ1) is 7.49. The normalized spacial score (nSPS) is 17.9. The molecule has 0 spiro atoms. The predicted octanol–water partition coefficient (Wildman–Crippen LogP) is -0.487. The van der Waals surface area contributed by atoms with Crippen LogP contribution in [0.3, 0.4) is 0 Å². The van der Waals surface area contributed by atoms with Crippen LogP contribution in [0.4, 0.5) is 4.79 Å². The summed E-state index contributed by atoms with van der Waals surface area (Å²) >= 11 is 0. The van der Waals surface area contributed by atoms with Crippen LogP contribution in [0.2, 0.25) is 0 Å². The minimum atomic E-state index is -3.85. The van der Waals surface area contributed by atoms with Crippen molar-refractivity contribution in [3.8, 4) is 0 Å². The number of piperidine rings is 1. The molecule has 0 aromatic carbocycles. The first-order valence-electron chi connectivity index (χ1n) is 4.55. The molecule has 0 atom stereocenters. The molecule has 0 radical (unpaired) electrons. The van der Waals surface area contributed by atoms with Gasteiger partial charge in [-0.25, -0.2) is 9.52 Å². The summed E-state index contributed by atoms with van der Waals surface area (Å²) in [4.78, 5) is 10.8. The third-order valence-corrected chi connectivity index (χ3v) is 3.65. The highest BCUT2D eigenvalue weighted by Crippen LogP contribution is 2.10. The topological polar surface area (TPSA) is 108 Å². The van der Waals surface area contributed by atoms with Crippen LogP contribution < -0.4 is 4.72 Å². The third kappa shape index (κ3) is 3.07. The van der Waals surface area contributed by atoms with E-state index in [1.807, 2.05) is 0 Å². The van der Waals surface area contributed by atoms with Crippen LogP contribution in [0.25, 0.3) is 0 Å². The standard InChI is InChI=1S/C7H13N3O5S/c1-15-7(11)9-16(13,14)10-4-2-6(8-12)3-5-10/h12H,2-5H2,1H3,(H,9,11). The molecule has 1 fully saturated rings. The molecular formula is C7H13N3O5S. The Hall–Kier alpha value is -1.35. The molecule has 1 rings (SSSR count). The fraction of sp³-hybridized carbons (Fsp3) is 0.714. The molecule has 0 saturated carbocycles. The van der Waals surface area contributed by atoms with Gasteiger partial charge in [0.2, 0.25) is 0 Å². The quantitative estimate of drug-likeness (QED) is 0.508. The summed E-state index contributed by atoms with van der Waals surface area (Å²) in [7, 11) is -2.77. The minimum Gasteiger partial charge on any atom is -0.452 e. The Labute approximate surface area is 93.0 Å². The Morgan fingerprint density at radius 3 is 2.50 bits per heavy atom. The van der Waals surface area contributed by atoms with Crippen molar-refractivity contribution in [2.75, 3.05) is 20.2 Å². The maximum Gasteiger partial charge on any atom is 0.421 e. The van der Waals surface area contributed by atoms with Crippen molar-refractivity contribution in [3.63, 3.8) is 0 Å². The maximum absolute atomic E-state index is 11.6. The Morgan fingerprint density at radius 2 is 2.06 bits per heavy atom. The summed E-state index contributed by atoms with van der Waals surface area (Å²) < 4.78 is 30.2. The highest BCUT2D eigenvalue weighted by molar-refractivity contribution is 7.87. The molecule has 0 aliphatic carbocycles. The van der Waals surface area contributed by atoms with Gasteiger partial charge < -0.3 is 9.94 Å². The molecule has 1 amide bonds. The van der Waals surface area contributed by atoms with Gasteiger partial charge in [-0.05, 0) is 0 Å². The number of oxime groups is 1. The third-order valence-electron chi connectivity index (χ3n) is 2.18. The Morgan fingerprint density at radius 1 is 1.50 bits per heavy atom. The zero-order valence-electron chi connectivity index (χ0n) is 8.71. The van der Waals surface area contributed by atoms with E-state index in [0.717, 1.165) is 11.4 Å². The van der Waals surface area contributed by atoms with Gasteiger partial charge in [-0.3, -0.25) is 0 Å². The highest BCUT2D eigenvalue weighted by Gasteiger charge is 2.27. The monoisotopic (exact) mass is 251 g/mol. The first-order valence-corrected chi connectivity index (χ1v) is 5.99. The van der Waals surface area contributed by atoms with Crippen molar-refractivity contribution in [2.24, 2.45) is 5.16 Å². The molecule has 1 aliphatic heterocycles. The van der Waals surface area contributed by atoms with Gasteiger partial charge >= 0.3 is 16.3 Å². The van der Waals surface area contributed by atoms with E-state index in [0.29, 0.717) is 18.6 Å². The number of hydrogen-bond acceptors (Lipinski definition) is 6. The van der Waals surface area contributed by atoms with E-state index in [1.54, 1.807) is 4.72 Å². The Kier molecular flexibility index (Phi) is 4.07. The molecule has 8 nitrogen and oxygen atoms in total. The number of nitrogens with one attached hydrogen (secondary N) is 1. The van der Waals surface area contributed by atoms with Crippen LogP contribution in [-0.2, 0) is 14.9 Å². The highest BCUT2D eigenvalue weighted by atomic mass is 32.2. The van der Waals surface area contributed by atoms with Crippen molar-refractivity contribution in [1.82, 2.24) is 9.03 Å². The first kappa shape index (κ1) is 12.7. The van der Waals surface area contributed by atoms with Crippen molar-refractivity contribution >= 4 is 22.0 Å². The van der Waals surface area contributed by atoms with Gasteiger partial charge in [0.15, 0.2) is 0 Å². The van der Waals surface area contributed by atoms with Gasteiger partial charge in [0.25, 0.3) is 0 Å². The summed E-state index contributed by atoms with van der Waals surface area (Å²) in [6.45, 7) is 0.345. The lowest BCUT2D eigenvalue weighted by molar-refractivity contribution is 0.177. The van der Waals surface area contributed by atoms with Crippen LogP contribution in [-0.4, -0.2) is 49.9 Å². The zero-order valence-corrected chi connectivity index (χ0v) is 9.53. The minimum absolute atomic E-state index is 0.172. The van der Waals surface area contributed by atoms with Gasteiger partial charge in [-0.2, -0.15) is 12.7 Å². The largest absolute Gasteiger partial charge is 0.452 e. The van der Waals surface area contributed by atoms with Crippen molar-refractivity contribution in [3.05, 3.63) is 0 Å². The summed E-state index contributed by atoms with van der Waals surface area (Å²) in [5.74, 6) is 0. The van der Waals surface area contributed by atoms with Gasteiger partial charge in [-0.1, -0.05) is 5.16 Å². The second kappa shape index (κ2) is 5.12. The number of carbonyl (C=O) groups excluding carboxylic acids is 1. The lowest BCUT2D eigenvalue weighted by atomic mass is 10.1. The van der Waals surface area contributed by atoms with E-state index < -0.39 is 16.3 Å². The molecule has 2 N–H and O–H groups in total. The Bertz CT molecular complexity index is 381. The molecule has 1 heterocycles. The van der Waals surface area contributed by atoms with Crippen molar-refractivity contribution in [1.29, 1.82) is 0 Å². The molecule has 0 aromatic rings. The number of methoxy groups -OCH3 is 1. The summed E-state index contributed by atoms with van der Waals surface area (Å²) in [6.07, 6.45) is -0.335. The average molecular weight is 251 g/mol. The van der Waals surface area contributed by atoms with E-state index in [1.165, 1.54) is 0 Å². The molecule has 0 bridgehead atoms. The van der Waals surface area contributed by atoms with E-state index in [2.05, 4.69) is 9.89 Å². The second-order valence-electron chi connectivity index (χ2n) is 3.16.